The Labute approximate surface area is 151 Å². The summed E-state index contributed by atoms with van der Waals surface area (Å²) in [4.78, 5) is 27.5. The van der Waals surface area contributed by atoms with Crippen LogP contribution < -0.4 is 10.2 Å². The van der Waals surface area contributed by atoms with Crippen molar-refractivity contribution in [2.75, 3.05) is 53.0 Å². The molecule has 0 bridgehead atoms. The Morgan fingerprint density at radius 3 is 2.67 bits per heavy atom. The van der Waals surface area contributed by atoms with E-state index in [0.717, 1.165) is 24.0 Å². The van der Waals surface area contributed by atoms with Gasteiger partial charge in [0.05, 0.1) is 31.7 Å². The van der Waals surface area contributed by atoms with Gasteiger partial charge in [-0.25, -0.2) is 0 Å². The van der Waals surface area contributed by atoms with E-state index in [1.807, 2.05) is 29.2 Å². The van der Waals surface area contributed by atoms with Crippen molar-refractivity contribution in [3.63, 3.8) is 0 Å². The van der Waals surface area contributed by atoms with Crippen molar-refractivity contribution < 1.29 is 19.2 Å². The highest BCUT2D eigenvalue weighted by Crippen LogP contribution is 2.17. The Bertz CT molecular complexity index is 560. The number of hydrogen-bond acceptors (Lipinski definition) is 3. The third-order valence-corrected chi connectivity index (χ3v) is 4.81. The van der Waals surface area contributed by atoms with Crippen LogP contribution in [0.15, 0.2) is 28.7 Å². The third kappa shape index (κ3) is 5.58. The van der Waals surface area contributed by atoms with Crippen LogP contribution >= 0.6 is 15.9 Å². The maximum Gasteiger partial charge on any atom is 0.275 e. The quantitative estimate of drug-likeness (QED) is 0.632. The second-order valence-corrected chi connectivity index (χ2v) is 6.75. The number of hydrogen-bond donors (Lipinski definition) is 2. The summed E-state index contributed by atoms with van der Waals surface area (Å²) < 4.78 is 5.78. The summed E-state index contributed by atoms with van der Waals surface area (Å²) in [5.41, 5.74) is 0.692. The molecular formula is C17H25BrN3O3+. The van der Waals surface area contributed by atoms with Crippen LogP contribution in [-0.2, 0) is 9.53 Å². The maximum atomic E-state index is 12.5. The SMILES string of the molecule is COCCCNC(=O)C[NH+]1CCN(C(=O)c2ccccc2Br)CC1. The Morgan fingerprint density at radius 1 is 1.29 bits per heavy atom. The first-order valence-electron chi connectivity index (χ1n) is 8.25. The first-order valence-corrected chi connectivity index (χ1v) is 9.04. The van der Waals surface area contributed by atoms with E-state index < -0.39 is 0 Å². The monoisotopic (exact) mass is 398 g/mol. The molecule has 0 aromatic heterocycles. The Balaban J connectivity index is 1.74. The highest BCUT2D eigenvalue weighted by Gasteiger charge is 2.26. The van der Waals surface area contributed by atoms with Gasteiger partial charge in [-0.3, -0.25) is 9.59 Å². The van der Waals surface area contributed by atoms with Gasteiger partial charge in [0.1, 0.15) is 0 Å². The molecule has 0 saturated carbocycles. The van der Waals surface area contributed by atoms with E-state index in [-0.39, 0.29) is 11.8 Å². The fourth-order valence-corrected chi connectivity index (χ4v) is 3.20. The van der Waals surface area contributed by atoms with Gasteiger partial charge in [-0.1, -0.05) is 12.1 Å². The van der Waals surface area contributed by atoms with Crippen LogP contribution in [0, 0.1) is 0 Å². The number of ether oxygens (including phenoxy) is 1. The smallest absolute Gasteiger partial charge is 0.275 e. The molecule has 1 heterocycles. The lowest BCUT2D eigenvalue weighted by Crippen LogP contribution is -3.15. The maximum absolute atomic E-state index is 12.5. The molecule has 1 aromatic rings. The van der Waals surface area contributed by atoms with E-state index in [9.17, 15) is 9.59 Å². The van der Waals surface area contributed by atoms with Crippen LogP contribution in [0.1, 0.15) is 16.8 Å². The average Bonchev–Trinajstić information content (AvgIpc) is 2.59. The molecule has 1 saturated heterocycles. The molecule has 0 radical (unpaired) electrons. The zero-order chi connectivity index (χ0) is 17.4. The van der Waals surface area contributed by atoms with Gasteiger partial charge in [-0.2, -0.15) is 0 Å². The number of carbonyl (C=O) groups excluding carboxylic acids is 2. The lowest BCUT2D eigenvalue weighted by Gasteiger charge is -2.32. The number of quaternary nitrogens is 1. The zero-order valence-electron chi connectivity index (χ0n) is 14.0. The van der Waals surface area contributed by atoms with Gasteiger partial charge >= 0.3 is 0 Å². The van der Waals surface area contributed by atoms with Crippen LogP contribution in [-0.4, -0.2) is 69.7 Å². The first kappa shape index (κ1) is 18.9. The van der Waals surface area contributed by atoms with Gasteiger partial charge in [-0.05, 0) is 34.5 Å². The fourth-order valence-electron chi connectivity index (χ4n) is 2.74. The molecule has 2 rings (SSSR count). The molecule has 1 aliphatic rings. The van der Waals surface area contributed by atoms with Crippen molar-refractivity contribution in [3.05, 3.63) is 34.3 Å². The van der Waals surface area contributed by atoms with E-state index in [4.69, 9.17) is 4.74 Å². The van der Waals surface area contributed by atoms with Crippen molar-refractivity contribution in [3.8, 4) is 0 Å². The van der Waals surface area contributed by atoms with Crippen LogP contribution in [0.2, 0.25) is 0 Å². The fraction of sp³-hybridized carbons (Fsp3) is 0.529. The van der Waals surface area contributed by atoms with Gasteiger partial charge in [0.15, 0.2) is 6.54 Å². The van der Waals surface area contributed by atoms with Crippen LogP contribution in [0.5, 0.6) is 0 Å². The summed E-state index contributed by atoms with van der Waals surface area (Å²) in [7, 11) is 1.65. The molecule has 1 aliphatic heterocycles. The molecule has 6 nitrogen and oxygen atoms in total. The Kier molecular flexibility index (Phi) is 7.68. The number of nitrogens with one attached hydrogen (secondary N) is 2. The largest absolute Gasteiger partial charge is 0.385 e. The van der Waals surface area contributed by atoms with Crippen LogP contribution in [0.25, 0.3) is 0 Å². The molecular weight excluding hydrogens is 374 g/mol. The topological polar surface area (TPSA) is 63.1 Å². The molecule has 132 valence electrons. The lowest BCUT2D eigenvalue weighted by atomic mass is 10.2. The average molecular weight is 399 g/mol. The van der Waals surface area contributed by atoms with Gasteiger partial charge in [0.25, 0.3) is 11.8 Å². The van der Waals surface area contributed by atoms with Crippen LogP contribution in [0.4, 0.5) is 0 Å². The summed E-state index contributed by atoms with van der Waals surface area (Å²) in [6.07, 6.45) is 0.825. The molecule has 2 amide bonds. The van der Waals surface area contributed by atoms with Crippen molar-refractivity contribution in [2.45, 2.75) is 6.42 Å². The molecule has 0 atom stereocenters. The third-order valence-electron chi connectivity index (χ3n) is 4.12. The van der Waals surface area contributed by atoms with E-state index in [2.05, 4.69) is 21.2 Å². The minimum Gasteiger partial charge on any atom is -0.385 e. The summed E-state index contributed by atoms with van der Waals surface area (Å²) >= 11 is 3.43. The number of rotatable bonds is 7. The number of piperazine rings is 1. The van der Waals surface area contributed by atoms with Gasteiger partial charge in [0.2, 0.25) is 0 Å². The van der Waals surface area contributed by atoms with Gasteiger partial charge in [0, 0.05) is 24.7 Å². The van der Waals surface area contributed by atoms with Crippen molar-refractivity contribution in [1.29, 1.82) is 0 Å². The molecule has 7 heteroatoms. The predicted octanol–water partition coefficient (Wildman–Crippen LogP) is -0.0575. The Morgan fingerprint density at radius 2 is 2.00 bits per heavy atom. The van der Waals surface area contributed by atoms with E-state index in [1.54, 1.807) is 7.11 Å². The lowest BCUT2D eigenvalue weighted by molar-refractivity contribution is -0.896. The standard InChI is InChI=1S/C17H24BrN3O3/c1-24-12-4-7-19-16(22)13-20-8-10-21(11-9-20)17(23)14-5-2-3-6-15(14)18/h2-3,5-6H,4,7-13H2,1H3,(H,19,22)/p+1. The van der Waals surface area contributed by atoms with Gasteiger partial charge < -0.3 is 19.9 Å². The number of amides is 2. The van der Waals surface area contributed by atoms with Crippen molar-refractivity contribution >= 4 is 27.7 Å². The predicted molar refractivity (Wildman–Crippen MR) is 95.1 cm³/mol. The van der Waals surface area contributed by atoms with E-state index >= 15 is 0 Å². The van der Waals surface area contributed by atoms with Crippen LogP contribution in [0.3, 0.4) is 0 Å². The number of benzene rings is 1. The molecule has 0 aliphatic carbocycles. The highest BCUT2D eigenvalue weighted by atomic mass is 79.9. The number of methoxy groups -OCH3 is 1. The number of carbonyl (C=O) groups is 2. The molecule has 24 heavy (non-hydrogen) atoms. The second-order valence-electron chi connectivity index (χ2n) is 5.90. The normalized spacial score (nSPS) is 15.3. The Hall–Kier alpha value is -1.44. The number of halogens is 1. The molecule has 1 aromatic carbocycles. The molecule has 0 unspecified atom stereocenters. The minimum absolute atomic E-state index is 0.0468. The number of nitrogens with zero attached hydrogens (tertiary/aromatic N) is 1. The summed E-state index contributed by atoms with van der Waals surface area (Å²) in [6.45, 7) is 4.70. The second kappa shape index (κ2) is 9.76. The summed E-state index contributed by atoms with van der Waals surface area (Å²) in [6, 6.07) is 7.48. The molecule has 2 N–H and O–H groups in total. The summed E-state index contributed by atoms with van der Waals surface area (Å²) in [5.74, 6) is 0.109. The van der Waals surface area contributed by atoms with E-state index in [0.29, 0.717) is 38.3 Å². The molecule has 0 spiro atoms. The van der Waals surface area contributed by atoms with Crippen molar-refractivity contribution in [2.24, 2.45) is 0 Å². The van der Waals surface area contributed by atoms with E-state index in [1.165, 1.54) is 4.90 Å². The molecule has 1 fully saturated rings. The summed E-state index contributed by atoms with van der Waals surface area (Å²) in [5, 5.41) is 2.91. The first-order chi connectivity index (χ1) is 11.6. The van der Waals surface area contributed by atoms with Crippen molar-refractivity contribution in [1.82, 2.24) is 10.2 Å². The highest BCUT2D eigenvalue weighted by molar-refractivity contribution is 9.10. The zero-order valence-corrected chi connectivity index (χ0v) is 15.6. The minimum atomic E-state index is 0.0468. The van der Waals surface area contributed by atoms with Gasteiger partial charge in [-0.15, -0.1) is 0 Å².